The summed E-state index contributed by atoms with van der Waals surface area (Å²) in [6.07, 6.45) is 7.08. The molecule has 0 saturated heterocycles. The minimum absolute atomic E-state index is 0.512. The van der Waals surface area contributed by atoms with Gasteiger partial charge in [0.2, 0.25) is 0 Å². The van der Waals surface area contributed by atoms with Crippen LogP contribution in [0.3, 0.4) is 0 Å². The molecular formula is C18H15Cl2N5. The third-order valence-electron chi connectivity index (χ3n) is 3.29. The maximum absolute atomic E-state index is 6.05. The molecule has 0 radical (unpaired) electrons. The molecule has 0 aliphatic heterocycles. The summed E-state index contributed by atoms with van der Waals surface area (Å²) in [6, 6.07) is 15.3. The molecule has 1 aromatic heterocycles. The van der Waals surface area contributed by atoms with Gasteiger partial charge in [0.15, 0.2) is 0 Å². The van der Waals surface area contributed by atoms with Gasteiger partial charge in [-0.15, -0.1) is 5.10 Å². The lowest BCUT2D eigenvalue weighted by Gasteiger charge is -2.02. The van der Waals surface area contributed by atoms with Crippen LogP contribution >= 0.6 is 23.2 Å². The average molecular weight is 372 g/mol. The molecule has 1 N–H and O–H groups in total. The largest absolute Gasteiger partial charge is 0.277 e. The fourth-order valence-corrected chi connectivity index (χ4v) is 2.56. The first-order valence-electron chi connectivity index (χ1n) is 7.55. The molecule has 0 aliphatic carbocycles. The van der Waals surface area contributed by atoms with E-state index < -0.39 is 0 Å². The van der Waals surface area contributed by atoms with Crippen molar-refractivity contribution in [3.63, 3.8) is 0 Å². The fourth-order valence-electron chi connectivity index (χ4n) is 2.11. The fraction of sp³-hybridized carbons (Fsp3) is 0.0556. The van der Waals surface area contributed by atoms with Crippen molar-refractivity contribution in [1.82, 2.24) is 15.0 Å². The number of nitrogens with one attached hydrogen (secondary N) is 1. The van der Waals surface area contributed by atoms with Gasteiger partial charge in [0.1, 0.15) is 5.69 Å². The Labute approximate surface area is 155 Å². The number of halogens is 2. The van der Waals surface area contributed by atoms with Gasteiger partial charge in [0, 0.05) is 11.2 Å². The third-order valence-corrected chi connectivity index (χ3v) is 3.84. The van der Waals surface area contributed by atoms with Gasteiger partial charge in [-0.05, 0) is 35.9 Å². The van der Waals surface area contributed by atoms with Crippen molar-refractivity contribution in [2.45, 2.75) is 6.54 Å². The quantitative estimate of drug-likeness (QED) is 0.502. The van der Waals surface area contributed by atoms with E-state index in [0.29, 0.717) is 22.3 Å². The Morgan fingerprint density at radius 1 is 1.12 bits per heavy atom. The van der Waals surface area contributed by atoms with Gasteiger partial charge in [-0.2, -0.15) is 5.10 Å². The van der Waals surface area contributed by atoms with E-state index in [0.717, 1.165) is 5.69 Å². The van der Waals surface area contributed by atoms with Gasteiger partial charge in [-0.3, -0.25) is 5.43 Å². The van der Waals surface area contributed by atoms with E-state index in [9.17, 15) is 0 Å². The summed E-state index contributed by atoms with van der Waals surface area (Å²) in [7, 11) is 0. The van der Waals surface area contributed by atoms with E-state index in [4.69, 9.17) is 23.2 Å². The van der Waals surface area contributed by atoms with Gasteiger partial charge in [-0.1, -0.05) is 58.7 Å². The zero-order chi connectivity index (χ0) is 17.5. The number of benzene rings is 2. The van der Waals surface area contributed by atoms with E-state index >= 15 is 0 Å². The third kappa shape index (κ3) is 5.17. The summed E-state index contributed by atoms with van der Waals surface area (Å²) < 4.78 is 1.79. The van der Waals surface area contributed by atoms with Crippen LogP contribution in [0.15, 0.2) is 65.9 Å². The second-order valence-corrected chi connectivity index (χ2v) is 6.04. The monoisotopic (exact) mass is 371 g/mol. The van der Waals surface area contributed by atoms with Crippen LogP contribution in [0.5, 0.6) is 0 Å². The molecular weight excluding hydrogens is 357 g/mol. The highest BCUT2D eigenvalue weighted by molar-refractivity contribution is 6.36. The molecule has 0 aliphatic rings. The summed E-state index contributed by atoms with van der Waals surface area (Å²) in [4.78, 5) is 0. The number of hydrogen-bond donors (Lipinski definition) is 1. The van der Waals surface area contributed by atoms with Crippen molar-refractivity contribution in [3.8, 4) is 0 Å². The number of allylic oxidation sites excluding steroid dienone is 1. The maximum Gasteiger partial charge on any atom is 0.105 e. The molecule has 25 heavy (non-hydrogen) atoms. The lowest BCUT2D eigenvalue weighted by molar-refractivity contribution is 0.649. The molecule has 0 fully saturated rings. The predicted molar refractivity (Wildman–Crippen MR) is 103 cm³/mol. The number of nitrogens with zero attached hydrogens (tertiary/aromatic N) is 4. The van der Waals surface area contributed by atoms with Gasteiger partial charge < -0.3 is 0 Å². The highest BCUT2D eigenvalue weighted by Gasteiger charge is 1.99. The van der Waals surface area contributed by atoms with Crippen LogP contribution in [0.1, 0.15) is 11.3 Å². The molecule has 2 aromatic carbocycles. The van der Waals surface area contributed by atoms with E-state index in [-0.39, 0.29) is 0 Å². The first-order valence-corrected chi connectivity index (χ1v) is 8.31. The second-order valence-electron chi connectivity index (χ2n) is 5.20. The summed E-state index contributed by atoms with van der Waals surface area (Å²) >= 11 is 11.9. The highest BCUT2D eigenvalue weighted by Crippen LogP contribution is 2.25. The van der Waals surface area contributed by atoms with Crippen LogP contribution in [0.4, 0.5) is 5.69 Å². The second kappa shape index (κ2) is 8.46. The summed E-state index contributed by atoms with van der Waals surface area (Å²) in [5.74, 6) is 0. The number of rotatable bonds is 6. The molecule has 1 heterocycles. The Bertz CT molecular complexity index is 887. The van der Waals surface area contributed by atoms with Crippen molar-refractivity contribution in [1.29, 1.82) is 0 Å². The minimum Gasteiger partial charge on any atom is -0.277 e. The normalized spacial score (nSPS) is 11.4. The number of anilines is 1. The smallest absolute Gasteiger partial charge is 0.105 e. The zero-order valence-electron chi connectivity index (χ0n) is 13.2. The molecule has 3 rings (SSSR count). The van der Waals surface area contributed by atoms with Crippen LogP contribution in [0, 0.1) is 0 Å². The molecule has 0 bridgehead atoms. The molecule has 0 amide bonds. The topological polar surface area (TPSA) is 55.1 Å². The van der Waals surface area contributed by atoms with Crippen LogP contribution in [0.25, 0.3) is 6.08 Å². The molecule has 5 nitrogen and oxygen atoms in total. The van der Waals surface area contributed by atoms with Crippen LogP contribution in [-0.4, -0.2) is 21.2 Å². The summed E-state index contributed by atoms with van der Waals surface area (Å²) in [5.41, 5.74) is 5.47. The first-order chi connectivity index (χ1) is 12.2. The van der Waals surface area contributed by atoms with Gasteiger partial charge in [0.05, 0.1) is 23.5 Å². The van der Waals surface area contributed by atoms with Crippen LogP contribution < -0.4 is 5.43 Å². The van der Waals surface area contributed by atoms with Crippen molar-refractivity contribution in [2.24, 2.45) is 5.10 Å². The lowest BCUT2D eigenvalue weighted by Crippen LogP contribution is -1.99. The molecule has 0 unspecified atom stereocenters. The molecule has 0 saturated carbocycles. The lowest BCUT2D eigenvalue weighted by atomic mass is 10.2. The van der Waals surface area contributed by atoms with Crippen molar-refractivity contribution in [2.75, 3.05) is 5.43 Å². The van der Waals surface area contributed by atoms with Crippen LogP contribution in [0.2, 0.25) is 10.0 Å². The van der Waals surface area contributed by atoms with Gasteiger partial charge in [-0.25, -0.2) is 4.68 Å². The SMILES string of the molecule is Clc1ccc(N/N=C\C=C\c2cn(Cc3ccccc3)nn2)c(Cl)c1. The number of hydrazone groups is 1. The Morgan fingerprint density at radius 2 is 1.96 bits per heavy atom. The molecule has 3 aromatic rings. The van der Waals surface area contributed by atoms with Crippen LogP contribution in [-0.2, 0) is 6.54 Å². The van der Waals surface area contributed by atoms with E-state index in [1.807, 2.05) is 30.5 Å². The highest BCUT2D eigenvalue weighted by atomic mass is 35.5. The van der Waals surface area contributed by atoms with Gasteiger partial charge >= 0.3 is 0 Å². The number of aromatic nitrogens is 3. The van der Waals surface area contributed by atoms with Crippen molar-refractivity contribution >= 4 is 41.2 Å². The first kappa shape index (κ1) is 17.2. The van der Waals surface area contributed by atoms with Crippen molar-refractivity contribution in [3.05, 3.63) is 82.1 Å². The maximum atomic E-state index is 6.05. The molecule has 0 atom stereocenters. The standard InChI is InChI=1S/C18H15Cl2N5/c19-15-8-9-18(17(20)11-15)23-21-10-4-7-16-13-25(24-22-16)12-14-5-2-1-3-6-14/h1-11,13,23H,12H2/b7-4+,21-10-. The minimum atomic E-state index is 0.512. The molecule has 126 valence electrons. The Hall–Kier alpha value is -2.63. The Morgan fingerprint density at radius 3 is 2.76 bits per heavy atom. The molecule has 0 spiro atoms. The van der Waals surface area contributed by atoms with E-state index in [1.165, 1.54) is 5.56 Å². The zero-order valence-corrected chi connectivity index (χ0v) is 14.7. The van der Waals surface area contributed by atoms with Crippen molar-refractivity contribution < 1.29 is 0 Å². The molecule has 7 heteroatoms. The van der Waals surface area contributed by atoms with E-state index in [1.54, 1.807) is 35.2 Å². The van der Waals surface area contributed by atoms with E-state index in [2.05, 4.69) is 33.0 Å². The predicted octanol–water partition coefficient (Wildman–Crippen LogP) is 4.74. The average Bonchev–Trinajstić information content (AvgIpc) is 3.04. The van der Waals surface area contributed by atoms with Gasteiger partial charge in [0.25, 0.3) is 0 Å². The number of hydrogen-bond acceptors (Lipinski definition) is 4. The Kier molecular flexibility index (Phi) is 5.82. The Balaban J connectivity index is 1.54. The summed E-state index contributed by atoms with van der Waals surface area (Å²) in [5, 5.41) is 13.4. The summed E-state index contributed by atoms with van der Waals surface area (Å²) in [6.45, 7) is 0.687.